The van der Waals surface area contributed by atoms with E-state index in [1.54, 1.807) is 24.3 Å². The van der Waals surface area contributed by atoms with Gasteiger partial charge in [-0.3, -0.25) is 4.90 Å². The third kappa shape index (κ3) is 7.86. The maximum absolute atomic E-state index is 11.8. The van der Waals surface area contributed by atoms with Crippen molar-refractivity contribution in [2.24, 2.45) is 4.99 Å². The van der Waals surface area contributed by atoms with Gasteiger partial charge in [-0.05, 0) is 59.4 Å². The van der Waals surface area contributed by atoms with Gasteiger partial charge in [0.15, 0.2) is 5.96 Å². The Morgan fingerprint density at radius 2 is 1.67 bits per heavy atom. The Hall–Kier alpha value is -1.64. The van der Waals surface area contributed by atoms with E-state index in [0.29, 0.717) is 18.6 Å². The maximum Gasteiger partial charge on any atom is 0.240 e. The molecule has 1 aromatic carbocycles. The Labute approximate surface area is 164 Å². The number of aliphatic imine (C=N–C) groups is 1. The Balaban J connectivity index is 2.68. The van der Waals surface area contributed by atoms with E-state index in [9.17, 15) is 8.42 Å². The highest BCUT2D eigenvalue weighted by Crippen LogP contribution is 2.10. The van der Waals surface area contributed by atoms with Crippen molar-refractivity contribution in [2.75, 3.05) is 26.7 Å². The third-order valence-corrected chi connectivity index (χ3v) is 5.69. The smallest absolute Gasteiger partial charge is 0.240 e. The van der Waals surface area contributed by atoms with Crippen LogP contribution in [0.15, 0.2) is 34.2 Å². The van der Waals surface area contributed by atoms with Crippen molar-refractivity contribution in [1.29, 1.82) is 0 Å². The zero-order chi connectivity index (χ0) is 20.4. The van der Waals surface area contributed by atoms with E-state index in [1.807, 2.05) is 6.92 Å². The molecule has 0 aliphatic carbocycles. The van der Waals surface area contributed by atoms with Crippen LogP contribution >= 0.6 is 0 Å². The Morgan fingerprint density at radius 1 is 1.07 bits per heavy atom. The molecule has 0 unspecified atom stereocenters. The zero-order valence-electron chi connectivity index (χ0n) is 17.4. The second-order valence-electron chi connectivity index (χ2n) is 6.90. The third-order valence-electron chi connectivity index (χ3n) is 4.26. The lowest BCUT2D eigenvalue weighted by Gasteiger charge is -2.30. The van der Waals surface area contributed by atoms with Gasteiger partial charge in [0, 0.05) is 31.7 Å². The SMILES string of the molecule is CCNC(=NCc1ccc(S(=O)(=O)NC)cc1)NCCN(C(C)C)C(C)C. The van der Waals surface area contributed by atoms with Gasteiger partial charge in [0.05, 0.1) is 11.4 Å². The van der Waals surface area contributed by atoms with Crippen LogP contribution in [0.1, 0.15) is 40.2 Å². The molecule has 0 heterocycles. The molecule has 0 spiro atoms. The lowest BCUT2D eigenvalue weighted by molar-refractivity contribution is 0.178. The first-order valence-corrected chi connectivity index (χ1v) is 11.0. The number of guanidine groups is 1. The Morgan fingerprint density at radius 3 is 2.15 bits per heavy atom. The Kier molecular flexibility index (Phi) is 9.76. The molecule has 0 bridgehead atoms. The first-order chi connectivity index (χ1) is 12.7. The van der Waals surface area contributed by atoms with Crippen molar-refractivity contribution in [1.82, 2.24) is 20.3 Å². The number of sulfonamides is 1. The van der Waals surface area contributed by atoms with Crippen molar-refractivity contribution in [2.45, 2.75) is 58.1 Å². The number of nitrogens with zero attached hydrogens (tertiary/aromatic N) is 2. The van der Waals surface area contributed by atoms with Gasteiger partial charge in [0.2, 0.25) is 10.0 Å². The molecular weight excluding hydrogens is 362 g/mol. The molecule has 0 saturated carbocycles. The number of hydrogen-bond donors (Lipinski definition) is 3. The number of nitrogens with one attached hydrogen (secondary N) is 3. The largest absolute Gasteiger partial charge is 0.357 e. The van der Waals surface area contributed by atoms with Crippen LogP contribution in [0.25, 0.3) is 0 Å². The highest BCUT2D eigenvalue weighted by Gasteiger charge is 2.13. The van der Waals surface area contributed by atoms with Gasteiger partial charge in [-0.2, -0.15) is 0 Å². The van der Waals surface area contributed by atoms with Crippen LogP contribution in [-0.2, 0) is 16.6 Å². The minimum Gasteiger partial charge on any atom is -0.357 e. The van der Waals surface area contributed by atoms with Gasteiger partial charge in [-0.15, -0.1) is 0 Å². The lowest BCUT2D eigenvalue weighted by atomic mass is 10.2. The molecule has 8 heteroatoms. The molecule has 7 nitrogen and oxygen atoms in total. The van der Waals surface area contributed by atoms with Gasteiger partial charge in [0.1, 0.15) is 0 Å². The highest BCUT2D eigenvalue weighted by atomic mass is 32.2. The summed E-state index contributed by atoms with van der Waals surface area (Å²) in [6, 6.07) is 7.77. The minimum atomic E-state index is -3.40. The van der Waals surface area contributed by atoms with Gasteiger partial charge in [-0.1, -0.05) is 12.1 Å². The van der Waals surface area contributed by atoms with Crippen molar-refractivity contribution in [3.05, 3.63) is 29.8 Å². The van der Waals surface area contributed by atoms with Crippen LogP contribution in [0.2, 0.25) is 0 Å². The Bertz CT molecular complexity index is 677. The number of benzene rings is 1. The molecule has 0 radical (unpaired) electrons. The molecule has 154 valence electrons. The average molecular weight is 398 g/mol. The zero-order valence-corrected chi connectivity index (χ0v) is 18.2. The summed E-state index contributed by atoms with van der Waals surface area (Å²) in [5, 5.41) is 6.61. The predicted molar refractivity (Wildman–Crippen MR) is 112 cm³/mol. The van der Waals surface area contributed by atoms with Crippen molar-refractivity contribution in [3.63, 3.8) is 0 Å². The van der Waals surface area contributed by atoms with Crippen molar-refractivity contribution >= 4 is 16.0 Å². The van der Waals surface area contributed by atoms with E-state index in [2.05, 4.69) is 52.9 Å². The number of hydrogen-bond acceptors (Lipinski definition) is 4. The summed E-state index contributed by atoms with van der Waals surface area (Å²) in [6.07, 6.45) is 0. The summed E-state index contributed by atoms with van der Waals surface area (Å²) in [4.78, 5) is 7.28. The van der Waals surface area contributed by atoms with Gasteiger partial charge < -0.3 is 10.6 Å². The summed E-state index contributed by atoms with van der Waals surface area (Å²) in [5.41, 5.74) is 0.952. The first-order valence-electron chi connectivity index (χ1n) is 9.51. The van der Waals surface area contributed by atoms with E-state index in [0.717, 1.165) is 31.2 Å². The van der Waals surface area contributed by atoms with E-state index < -0.39 is 10.0 Å². The average Bonchev–Trinajstić information content (AvgIpc) is 2.62. The molecule has 0 aliphatic heterocycles. The summed E-state index contributed by atoms with van der Waals surface area (Å²) in [7, 11) is -2.00. The fraction of sp³-hybridized carbons (Fsp3) is 0.632. The molecule has 1 aromatic rings. The summed E-state index contributed by atoms with van der Waals surface area (Å²) < 4.78 is 25.9. The molecular formula is C19H35N5O2S. The highest BCUT2D eigenvalue weighted by molar-refractivity contribution is 7.89. The van der Waals surface area contributed by atoms with Gasteiger partial charge >= 0.3 is 0 Å². The van der Waals surface area contributed by atoms with Crippen LogP contribution in [0.5, 0.6) is 0 Å². The van der Waals surface area contributed by atoms with Crippen LogP contribution in [0.3, 0.4) is 0 Å². The maximum atomic E-state index is 11.8. The van der Waals surface area contributed by atoms with Crippen LogP contribution in [0.4, 0.5) is 0 Å². The molecule has 0 fully saturated rings. The standard InChI is InChI=1S/C19H35N5O2S/c1-7-21-19(22-12-13-24(15(2)3)16(4)5)23-14-17-8-10-18(11-9-17)27(25,26)20-6/h8-11,15-16,20H,7,12-14H2,1-6H3,(H2,21,22,23). The van der Waals surface area contributed by atoms with Crippen LogP contribution in [-0.4, -0.2) is 58.0 Å². The minimum absolute atomic E-state index is 0.255. The second-order valence-corrected chi connectivity index (χ2v) is 8.79. The van der Waals surface area contributed by atoms with E-state index in [4.69, 9.17) is 0 Å². The molecule has 27 heavy (non-hydrogen) atoms. The summed E-state index contributed by atoms with van der Waals surface area (Å²) in [5.74, 6) is 0.761. The molecule has 0 atom stereocenters. The number of rotatable bonds is 10. The lowest BCUT2D eigenvalue weighted by Crippen LogP contribution is -2.45. The van der Waals surface area contributed by atoms with E-state index in [1.165, 1.54) is 7.05 Å². The van der Waals surface area contributed by atoms with Gasteiger partial charge in [0.25, 0.3) is 0 Å². The van der Waals surface area contributed by atoms with E-state index >= 15 is 0 Å². The molecule has 0 aliphatic rings. The molecule has 0 saturated heterocycles. The monoisotopic (exact) mass is 397 g/mol. The molecule has 0 aromatic heterocycles. The topological polar surface area (TPSA) is 85.8 Å². The van der Waals surface area contributed by atoms with Crippen molar-refractivity contribution in [3.8, 4) is 0 Å². The summed E-state index contributed by atoms with van der Waals surface area (Å²) in [6.45, 7) is 13.9. The molecule has 0 amide bonds. The van der Waals surface area contributed by atoms with Crippen molar-refractivity contribution < 1.29 is 8.42 Å². The van der Waals surface area contributed by atoms with Gasteiger partial charge in [-0.25, -0.2) is 18.1 Å². The summed E-state index contributed by atoms with van der Waals surface area (Å²) >= 11 is 0. The van der Waals surface area contributed by atoms with Crippen LogP contribution < -0.4 is 15.4 Å². The second kappa shape index (κ2) is 11.3. The predicted octanol–water partition coefficient (Wildman–Crippen LogP) is 1.77. The van der Waals surface area contributed by atoms with E-state index in [-0.39, 0.29) is 4.90 Å². The normalized spacial score (nSPS) is 12.9. The fourth-order valence-electron chi connectivity index (χ4n) is 2.82. The van der Waals surface area contributed by atoms with Crippen LogP contribution in [0, 0.1) is 0 Å². The fourth-order valence-corrected chi connectivity index (χ4v) is 3.55. The first kappa shape index (κ1) is 23.4. The molecule has 3 N–H and O–H groups in total. The quantitative estimate of drug-likeness (QED) is 0.414. The molecule has 1 rings (SSSR count).